The van der Waals surface area contributed by atoms with Gasteiger partial charge in [0.2, 0.25) is 0 Å². The van der Waals surface area contributed by atoms with Gasteiger partial charge in [-0.1, -0.05) is 161 Å². The molecule has 0 radical (unpaired) electrons. The molecule has 0 saturated carbocycles. The third-order valence-electron chi connectivity index (χ3n) is 8.60. The van der Waals surface area contributed by atoms with Crippen LogP contribution in [0.25, 0.3) is 0 Å². The summed E-state index contributed by atoms with van der Waals surface area (Å²) in [5, 5.41) is 17.9. The molecule has 0 amide bonds. The van der Waals surface area contributed by atoms with Crippen molar-refractivity contribution in [1.82, 2.24) is 0 Å². The van der Waals surface area contributed by atoms with Crippen molar-refractivity contribution in [3.8, 4) is 0 Å². The van der Waals surface area contributed by atoms with Gasteiger partial charge in [0, 0.05) is 6.61 Å². The van der Waals surface area contributed by atoms with Crippen LogP contribution >= 0.6 is 0 Å². The van der Waals surface area contributed by atoms with E-state index < -0.39 is 6.10 Å². The van der Waals surface area contributed by atoms with Crippen molar-refractivity contribution in [3.05, 3.63) is 0 Å². The number of ether oxygens (including phenoxy) is 2. The predicted octanol–water partition coefficient (Wildman–Crippen LogP) is 10.1. The highest BCUT2D eigenvalue weighted by Crippen LogP contribution is 2.25. The molecule has 0 aliphatic heterocycles. The Kier molecular flexibility index (Phi) is 30.3. The highest BCUT2D eigenvalue weighted by atomic mass is 16.5. The number of rotatable bonds is 33. The number of unbranched alkanes of at least 4 members (excludes halogenated alkanes) is 25. The zero-order chi connectivity index (χ0) is 30.3. The lowest BCUT2D eigenvalue weighted by molar-refractivity contribution is -0.151. The fourth-order valence-corrected chi connectivity index (χ4v) is 5.66. The molecule has 2 N–H and O–H groups in total. The van der Waals surface area contributed by atoms with Crippen LogP contribution in [0.2, 0.25) is 0 Å². The normalized spacial score (nSPS) is 12.6. The summed E-state index contributed by atoms with van der Waals surface area (Å²) < 4.78 is 10.2. The molecular weight excluding hydrogens is 512 g/mol. The van der Waals surface area contributed by atoms with Crippen LogP contribution in [-0.4, -0.2) is 49.2 Å². The average molecular weight is 585 g/mol. The summed E-state index contributed by atoms with van der Waals surface area (Å²) >= 11 is 0. The lowest BCUT2D eigenvalue weighted by atomic mass is 9.87. The fourth-order valence-electron chi connectivity index (χ4n) is 5.66. The van der Waals surface area contributed by atoms with Gasteiger partial charge in [0.05, 0.1) is 25.7 Å². The largest absolute Gasteiger partial charge is 0.469 e. The van der Waals surface area contributed by atoms with E-state index in [0.717, 1.165) is 19.3 Å². The predicted molar refractivity (Wildman–Crippen MR) is 174 cm³/mol. The van der Waals surface area contributed by atoms with E-state index in [1.54, 1.807) is 0 Å². The molecule has 0 spiro atoms. The number of aliphatic hydroxyl groups excluding tert-OH is 2. The minimum absolute atomic E-state index is 0.0802. The maximum atomic E-state index is 11.7. The summed E-state index contributed by atoms with van der Waals surface area (Å²) in [6.45, 7) is 4.72. The van der Waals surface area contributed by atoms with Crippen LogP contribution in [-0.2, 0) is 14.3 Å². The number of hydrogen-bond donors (Lipinski definition) is 2. The van der Waals surface area contributed by atoms with Crippen LogP contribution in [0.15, 0.2) is 0 Å². The molecule has 0 fully saturated rings. The third-order valence-corrected chi connectivity index (χ3v) is 8.60. The molecule has 1 unspecified atom stereocenters. The van der Waals surface area contributed by atoms with Crippen molar-refractivity contribution in [3.63, 3.8) is 0 Å². The second kappa shape index (κ2) is 30.8. The maximum absolute atomic E-state index is 11.7. The van der Waals surface area contributed by atoms with Gasteiger partial charge in [0.1, 0.15) is 6.10 Å². The molecule has 5 heteroatoms. The third kappa shape index (κ3) is 29.2. The Balaban J connectivity index is 3.13. The number of methoxy groups -OCH3 is 1. The van der Waals surface area contributed by atoms with Crippen LogP contribution in [0.4, 0.5) is 0 Å². The number of hydrogen-bond acceptors (Lipinski definition) is 5. The van der Waals surface area contributed by atoms with E-state index in [-0.39, 0.29) is 24.6 Å². The summed E-state index contributed by atoms with van der Waals surface area (Å²) in [6, 6.07) is 0. The molecule has 0 aromatic heterocycles. The Morgan fingerprint density at radius 1 is 0.561 bits per heavy atom. The van der Waals surface area contributed by atoms with Crippen LogP contribution < -0.4 is 0 Å². The Bertz CT molecular complexity index is 536. The number of aliphatic hydroxyl groups is 2. The van der Waals surface area contributed by atoms with Crippen molar-refractivity contribution in [1.29, 1.82) is 0 Å². The van der Waals surface area contributed by atoms with Gasteiger partial charge in [0.25, 0.3) is 0 Å². The molecular formula is C36H72O5. The van der Waals surface area contributed by atoms with Crippen molar-refractivity contribution in [2.75, 3.05) is 26.9 Å². The average Bonchev–Trinajstić information content (AvgIpc) is 2.97. The molecule has 5 nitrogen and oxygen atoms in total. The van der Waals surface area contributed by atoms with Crippen LogP contribution in [0.3, 0.4) is 0 Å². The van der Waals surface area contributed by atoms with E-state index in [4.69, 9.17) is 14.6 Å². The molecule has 0 heterocycles. The summed E-state index contributed by atoms with van der Waals surface area (Å²) in [7, 11) is 1.49. The zero-order valence-electron chi connectivity index (χ0n) is 27.9. The lowest BCUT2D eigenvalue weighted by Crippen LogP contribution is -2.25. The second-order valence-electron chi connectivity index (χ2n) is 13.2. The number of carbonyl (C=O) groups excluding carboxylic acids is 1. The standard InChI is InChI=1S/C36H72O5/c1-36(2,35(39)40-3)30-28-26-24-22-20-18-16-14-12-10-8-6-4-5-7-9-11-13-15-17-19-21-23-25-27-29-31-41-33-34(38)32-37/h34,37-38H,4-33H2,1-3H3. The van der Waals surface area contributed by atoms with Gasteiger partial charge in [-0.3, -0.25) is 4.79 Å². The molecule has 0 aromatic carbocycles. The Labute approximate surface area is 255 Å². The van der Waals surface area contributed by atoms with Crippen LogP contribution in [0.5, 0.6) is 0 Å². The summed E-state index contributed by atoms with van der Waals surface area (Å²) in [5.41, 5.74) is -0.329. The van der Waals surface area contributed by atoms with Crippen molar-refractivity contribution >= 4 is 5.97 Å². The first-order valence-electron chi connectivity index (χ1n) is 17.9. The lowest BCUT2D eigenvalue weighted by Gasteiger charge is -2.20. The van der Waals surface area contributed by atoms with Gasteiger partial charge in [-0.15, -0.1) is 0 Å². The molecule has 0 aliphatic carbocycles. The quantitative estimate of drug-likeness (QED) is 0.0593. The van der Waals surface area contributed by atoms with E-state index in [0.29, 0.717) is 6.61 Å². The highest BCUT2D eigenvalue weighted by Gasteiger charge is 2.27. The van der Waals surface area contributed by atoms with Crippen molar-refractivity contribution < 1.29 is 24.5 Å². The summed E-state index contributed by atoms with van der Waals surface area (Å²) in [6.07, 6.45) is 35.6. The fraction of sp³-hybridized carbons (Fsp3) is 0.972. The van der Waals surface area contributed by atoms with Gasteiger partial charge >= 0.3 is 5.97 Å². The SMILES string of the molecule is COC(=O)C(C)(C)CCCCCCCCCCCCCCCCCCCCCCCCCCCCOCC(O)CO. The summed E-state index contributed by atoms with van der Waals surface area (Å²) in [4.78, 5) is 11.7. The number of carbonyl (C=O) groups is 1. The first-order valence-corrected chi connectivity index (χ1v) is 17.9. The Hall–Kier alpha value is -0.650. The first kappa shape index (κ1) is 40.4. The molecule has 0 aromatic rings. The minimum atomic E-state index is -0.727. The molecule has 0 rings (SSSR count). The molecule has 0 bridgehead atoms. The summed E-state index contributed by atoms with van der Waals surface area (Å²) in [5.74, 6) is -0.0802. The first-order chi connectivity index (χ1) is 19.9. The molecule has 246 valence electrons. The Morgan fingerprint density at radius 3 is 1.15 bits per heavy atom. The van der Waals surface area contributed by atoms with Crippen molar-refractivity contribution in [2.24, 2.45) is 5.41 Å². The van der Waals surface area contributed by atoms with Crippen molar-refractivity contribution in [2.45, 2.75) is 193 Å². The maximum Gasteiger partial charge on any atom is 0.311 e. The number of esters is 1. The van der Waals surface area contributed by atoms with Crippen LogP contribution in [0, 0.1) is 5.41 Å². The van der Waals surface area contributed by atoms with E-state index >= 15 is 0 Å². The molecule has 0 saturated heterocycles. The van der Waals surface area contributed by atoms with Crippen LogP contribution in [0.1, 0.15) is 187 Å². The smallest absolute Gasteiger partial charge is 0.311 e. The van der Waals surface area contributed by atoms with Gasteiger partial charge in [-0.2, -0.15) is 0 Å². The molecule has 0 aliphatic rings. The molecule has 41 heavy (non-hydrogen) atoms. The topological polar surface area (TPSA) is 76.0 Å². The zero-order valence-corrected chi connectivity index (χ0v) is 27.9. The van der Waals surface area contributed by atoms with Gasteiger partial charge < -0.3 is 19.7 Å². The van der Waals surface area contributed by atoms with E-state index in [9.17, 15) is 9.90 Å². The van der Waals surface area contributed by atoms with Gasteiger partial charge in [-0.05, 0) is 26.7 Å². The van der Waals surface area contributed by atoms with E-state index in [2.05, 4.69) is 0 Å². The van der Waals surface area contributed by atoms with Gasteiger partial charge in [-0.25, -0.2) is 0 Å². The second-order valence-corrected chi connectivity index (χ2v) is 13.2. The van der Waals surface area contributed by atoms with E-state index in [1.807, 2.05) is 13.8 Å². The Morgan fingerprint density at radius 2 is 0.854 bits per heavy atom. The van der Waals surface area contributed by atoms with Gasteiger partial charge in [0.15, 0.2) is 0 Å². The van der Waals surface area contributed by atoms with E-state index in [1.165, 1.54) is 161 Å². The highest BCUT2D eigenvalue weighted by molar-refractivity contribution is 5.75. The molecule has 1 atom stereocenters. The minimum Gasteiger partial charge on any atom is -0.469 e. The monoisotopic (exact) mass is 585 g/mol.